The number of hydrogen-bond acceptors (Lipinski definition) is 4. The van der Waals surface area contributed by atoms with Crippen LogP contribution < -0.4 is 10.2 Å². The number of rotatable bonds is 6. The lowest BCUT2D eigenvalue weighted by atomic mass is 10.3. The molecule has 0 saturated heterocycles. The molecule has 0 bridgehead atoms. The molecule has 0 aliphatic carbocycles. The van der Waals surface area contributed by atoms with Crippen LogP contribution >= 0.6 is 11.3 Å². The monoisotopic (exact) mass is 261 g/mol. The third kappa shape index (κ3) is 3.23. The Labute approximate surface area is 112 Å². The maximum atomic E-state index is 4.63. The van der Waals surface area contributed by atoms with Crippen LogP contribution in [0.2, 0.25) is 0 Å². The average Bonchev–Trinajstić information content (AvgIpc) is 2.89. The topological polar surface area (TPSA) is 28.2 Å². The van der Waals surface area contributed by atoms with Gasteiger partial charge in [0.15, 0.2) is 0 Å². The van der Waals surface area contributed by atoms with E-state index in [1.165, 1.54) is 4.88 Å². The van der Waals surface area contributed by atoms with Crippen molar-refractivity contribution in [2.75, 3.05) is 23.3 Å². The summed E-state index contributed by atoms with van der Waals surface area (Å²) in [7, 11) is 0. The molecule has 4 heteroatoms. The van der Waals surface area contributed by atoms with Crippen molar-refractivity contribution in [2.24, 2.45) is 0 Å². The van der Waals surface area contributed by atoms with Gasteiger partial charge in [-0.2, -0.15) is 0 Å². The summed E-state index contributed by atoms with van der Waals surface area (Å²) in [6, 6.07) is 10.4. The summed E-state index contributed by atoms with van der Waals surface area (Å²) in [6.07, 6.45) is 0. The van der Waals surface area contributed by atoms with E-state index in [4.69, 9.17) is 0 Å². The van der Waals surface area contributed by atoms with Crippen LogP contribution in [0.4, 0.5) is 11.6 Å². The van der Waals surface area contributed by atoms with Crippen molar-refractivity contribution >= 4 is 23.0 Å². The molecule has 0 fully saturated rings. The fourth-order valence-corrected chi connectivity index (χ4v) is 2.54. The Morgan fingerprint density at radius 3 is 2.78 bits per heavy atom. The molecule has 0 aliphatic heterocycles. The zero-order valence-corrected chi connectivity index (χ0v) is 11.7. The third-order valence-corrected chi connectivity index (χ3v) is 3.59. The van der Waals surface area contributed by atoms with Gasteiger partial charge in [-0.1, -0.05) is 12.1 Å². The first-order valence-corrected chi connectivity index (χ1v) is 7.19. The third-order valence-electron chi connectivity index (χ3n) is 2.72. The van der Waals surface area contributed by atoms with Gasteiger partial charge >= 0.3 is 0 Å². The molecule has 3 nitrogen and oxygen atoms in total. The lowest BCUT2D eigenvalue weighted by Gasteiger charge is -2.21. The van der Waals surface area contributed by atoms with Gasteiger partial charge in [0.2, 0.25) is 0 Å². The highest BCUT2D eigenvalue weighted by Crippen LogP contribution is 2.19. The van der Waals surface area contributed by atoms with Crippen molar-refractivity contribution in [3.63, 3.8) is 0 Å². The molecule has 0 atom stereocenters. The highest BCUT2D eigenvalue weighted by molar-refractivity contribution is 7.09. The van der Waals surface area contributed by atoms with E-state index in [0.29, 0.717) is 0 Å². The van der Waals surface area contributed by atoms with E-state index in [1.807, 2.05) is 6.07 Å². The zero-order valence-electron chi connectivity index (χ0n) is 10.9. The fourth-order valence-electron chi connectivity index (χ4n) is 1.82. The van der Waals surface area contributed by atoms with E-state index in [1.54, 1.807) is 11.3 Å². The summed E-state index contributed by atoms with van der Waals surface area (Å²) in [6.45, 7) is 7.03. The lowest BCUT2D eigenvalue weighted by Crippen LogP contribution is -2.22. The normalized spacial score (nSPS) is 10.3. The van der Waals surface area contributed by atoms with Crippen LogP contribution in [0.3, 0.4) is 0 Å². The molecule has 0 saturated carbocycles. The number of hydrogen-bond donors (Lipinski definition) is 1. The number of aromatic nitrogens is 1. The van der Waals surface area contributed by atoms with Crippen molar-refractivity contribution in [1.82, 2.24) is 4.98 Å². The van der Waals surface area contributed by atoms with Crippen LogP contribution in [0.15, 0.2) is 35.7 Å². The van der Waals surface area contributed by atoms with Crippen LogP contribution in [-0.4, -0.2) is 18.1 Å². The van der Waals surface area contributed by atoms with E-state index in [-0.39, 0.29) is 0 Å². The SMILES string of the molecule is CCNc1cccc(N(CC)Cc2cccs2)n1. The molecular weight excluding hydrogens is 242 g/mol. The molecule has 2 rings (SSSR count). The largest absolute Gasteiger partial charge is 0.370 e. The van der Waals surface area contributed by atoms with Gasteiger partial charge in [-0.15, -0.1) is 11.3 Å². The molecular formula is C14H19N3S. The van der Waals surface area contributed by atoms with Crippen LogP contribution in [0.1, 0.15) is 18.7 Å². The molecule has 0 unspecified atom stereocenters. The van der Waals surface area contributed by atoms with Gasteiger partial charge in [0.25, 0.3) is 0 Å². The first kappa shape index (κ1) is 12.9. The van der Waals surface area contributed by atoms with Crippen LogP contribution in [0.25, 0.3) is 0 Å². The summed E-state index contributed by atoms with van der Waals surface area (Å²) < 4.78 is 0. The van der Waals surface area contributed by atoms with Crippen molar-refractivity contribution < 1.29 is 0 Å². The molecule has 0 aromatic carbocycles. The summed E-state index contributed by atoms with van der Waals surface area (Å²) >= 11 is 1.79. The highest BCUT2D eigenvalue weighted by atomic mass is 32.1. The van der Waals surface area contributed by atoms with Crippen molar-refractivity contribution in [2.45, 2.75) is 20.4 Å². The first-order valence-electron chi connectivity index (χ1n) is 6.31. The van der Waals surface area contributed by atoms with Gasteiger partial charge in [0, 0.05) is 18.0 Å². The smallest absolute Gasteiger partial charge is 0.131 e. The summed E-state index contributed by atoms with van der Waals surface area (Å²) in [5.41, 5.74) is 0. The van der Waals surface area contributed by atoms with E-state index in [9.17, 15) is 0 Å². The Bertz CT molecular complexity index is 468. The van der Waals surface area contributed by atoms with Gasteiger partial charge in [-0.25, -0.2) is 4.98 Å². The summed E-state index contributed by atoms with van der Waals surface area (Å²) in [5, 5.41) is 5.37. The molecule has 2 aromatic heterocycles. The van der Waals surface area contributed by atoms with Gasteiger partial charge in [0.05, 0.1) is 6.54 Å². The van der Waals surface area contributed by atoms with Crippen molar-refractivity contribution in [3.8, 4) is 0 Å². The van der Waals surface area contributed by atoms with Gasteiger partial charge in [-0.05, 0) is 37.4 Å². The number of pyridine rings is 1. The second-order valence-electron chi connectivity index (χ2n) is 4.00. The molecule has 0 aliphatic rings. The van der Waals surface area contributed by atoms with Crippen LogP contribution in [-0.2, 0) is 6.54 Å². The van der Waals surface area contributed by atoms with E-state index < -0.39 is 0 Å². The molecule has 2 heterocycles. The Balaban J connectivity index is 2.13. The van der Waals surface area contributed by atoms with Crippen LogP contribution in [0, 0.1) is 0 Å². The zero-order chi connectivity index (χ0) is 12.8. The number of nitrogens with one attached hydrogen (secondary N) is 1. The van der Waals surface area contributed by atoms with Crippen molar-refractivity contribution in [3.05, 3.63) is 40.6 Å². The summed E-state index contributed by atoms with van der Waals surface area (Å²) in [4.78, 5) is 8.29. The van der Waals surface area contributed by atoms with E-state index in [0.717, 1.165) is 31.3 Å². The molecule has 18 heavy (non-hydrogen) atoms. The van der Waals surface area contributed by atoms with Crippen LogP contribution in [0.5, 0.6) is 0 Å². The Morgan fingerprint density at radius 2 is 2.11 bits per heavy atom. The predicted octanol–water partition coefficient (Wildman–Crippen LogP) is 3.60. The quantitative estimate of drug-likeness (QED) is 0.861. The Kier molecular flexibility index (Phi) is 4.59. The molecule has 2 aromatic rings. The first-order chi connectivity index (χ1) is 8.83. The average molecular weight is 261 g/mol. The number of anilines is 2. The predicted molar refractivity (Wildman–Crippen MR) is 79.4 cm³/mol. The standard InChI is InChI=1S/C14H19N3S/c1-3-15-13-8-5-9-14(16-13)17(4-2)11-12-7-6-10-18-12/h5-10H,3-4,11H2,1-2H3,(H,15,16). The minimum atomic E-state index is 0.896. The minimum absolute atomic E-state index is 0.896. The van der Waals surface area contributed by atoms with Gasteiger partial charge < -0.3 is 10.2 Å². The lowest BCUT2D eigenvalue weighted by molar-refractivity contribution is 0.823. The summed E-state index contributed by atoms with van der Waals surface area (Å²) in [5.74, 6) is 1.98. The second-order valence-corrected chi connectivity index (χ2v) is 5.04. The highest BCUT2D eigenvalue weighted by Gasteiger charge is 2.07. The molecule has 1 N–H and O–H groups in total. The second kappa shape index (κ2) is 6.40. The fraction of sp³-hybridized carbons (Fsp3) is 0.357. The Hall–Kier alpha value is -1.55. The Morgan fingerprint density at radius 1 is 1.22 bits per heavy atom. The molecule has 0 amide bonds. The molecule has 0 spiro atoms. The van der Waals surface area contributed by atoms with E-state index in [2.05, 4.69) is 58.7 Å². The maximum absolute atomic E-state index is 4.63. The minimum Gasteiger partial charge on any atom is -0.370 e. The molecule has 0 radical (unpaired) electrons. The maximum Gasteiger partial charge on any atom is 0.131 e. The van der Waals surface area contributed by atoms with Gasteiger partial charge in [0.1, 0.15) is 11.6 Å². The van der Waals surface area contributed by atoms with Gasteiger partial charge in [-0.3, -0.25) is 0 Å². The number of nitrogens with zero attached hydrogens (tertiary/aromatic N) is 2. The number of thiophene rings is 1. The molecule has 96 valence electrons. The van der Waals surface area contributed by atoms with Crippen molar-refractivity contribution in [1.29, 1.82) is 0 Å². The van der Waals surface area contributed by atoms with E-state index >= 15 is 0 Å².